The van der Waals surface area contributed by atoms with Crippen molar-refractivity contribution in [1.82, 2.24) is 14.5 Å². The van der Waals surface area contributed by atoms with Gasteiger partial charge in [-0.05, 0) is 53.2 Å². The van der Waals surface area contributed by atoms with Crippen LogP contribution >= 0.6 is 0 Å². The highest BCUT2D eigenvalue weighted by Crippen LogP contribution is 2.42. The van der Waals surface area contributed by atoms with Crippen LogP contribution in [0.1, 0.15) is 0 Å². The maximum absolute atomic E-state index is 6.99. The lowest BCUT2D eigenvalue weighted by molar-refractivity contribution is 0.671. The van der Waals surface area contributed by atoms with E-state index in [1.165, 1.54) is 16.2 Å². The van der Waals surface area contributed by atoms with Crippen molar-refractivity contribution in [3.63, 3.8) is 0 Å². The minimum absolute atomic E-state index is 0.629. The molecule has 3 aromatic heterocycles. The van der Waals surface area contributed by atoms with E-state index in [0.29, 0.717) is 5.82 Å². The van der Waals surface area contributed by atoms with Gasteiger partial charge in [-0.3, -0.25) is 0 Å². The smallest absolute Gasteiger partial charge is 0.164 e. The zero-order valence-electron chi connectivity index (χ0n) is 25.8. The fourth-order valence-electron chi connectivity index (χ4n) is 7.15. The molecule has 0 radical (unpaired) electrons. The normalized spacial score (nSPS) is 11.8. The largest absolute Gasteiger partial charge is 0.453 e. The average molecular weight is 614 g/mol. The van der Waals surface area contributed by atoms with Crippen LogP contribution in [0.2, 0.25) is 0 Å². The standard InChI is InChI=1S/C44H27N3O/c1-3-13-29(14-4-1)38-27-39(31-23-22-28-12-7-8-15-30(28)26-31)46-44(45-38)37-20-11-19-35-36-25-24-34-33-18-9-10-21-40(33)47(32-16-5-2-6-17-32)41(34)43(36)48-42(35)37/h1-27H. The number of hydrogen-bond donors (Lipinski definition) is 0. The SMILES string of the molecule is c1ccc(-c2cc(-c3ccc4ccccc4c3)nc(-c3cccc4c3oc3c4ccc4c5ccccc5n(-c5ccccc5)c43)n2)cc1. The number of para-hydroxylation sites is 3. The molecule has 4 heteroatoms. The molecule has 0 unspecified atom stereocenters. The van der Waals surface area contributed by atoms with E-state index < -0.39 is 0 Å². The van der Waals surface area contributed by atoms with Gasteiger partial charge in [0.15, 0.2) is 11.4 Å². The molecule has 224 valence electrons. The number of furan rings is 1. The van der Waals surface area contributed by atoms with Crippen LogP contribution in [0.15, 0.2) is 168 Å². The van der Waals surface area contributed by atoms with E-state index in [1.54, 1.807) is 0 Å². The van der Waals surface area contributed by atoms with Crippen molar-refractivity contribution >= 4 is 54.5 Å². The molecule has 10 aromatic rings. The van der Waals surface area contributed by atoms with Crippen molar-refractivity contribution in [2.75, 3.05) is 0 Å². The van der Waals surface area contributed by atoms with Gasteiger partial charge in [-0.1, -0.05) is 121 Å². The first-order valence-corrected chi connectivity index (χ1v) is 16.2. The lowest BCUT2D eigenvalue weighted by Gasteiger charge is -2.10. The first-order chi connectivity index (χ1) is 23.8. The van der Waals surface area contributed by atoms with Gasteiger partial charge in [0.05, 0.1) is 28.0 Å². The molecule has 7 aromatic carbocycles. The van der Waals surface area contributed by atoms with E-state index in [-0.39, 0.29) is 0 Å². The van der Waals surface area contributed by atoms with Gasteiger partial charge in [0.1, 0.15) is 5.58 Å². The predicted octanol–water partition coefficient (Wildman–Crippen LogP) is 11.6. The van der Waals surface area contributed by atoms with E-state index in [9.17, 15) is 0 Å². The van der Waals surface area contributed by atoms with Crippen molar-refractivity contribution in [3.8, 4) is 39.6 Å². The first-order valence-electron chi connectivity index (χ1n) is 16.2. The minimum Gasteiger partial charge on any atom is -0.453 e. The summed E-state index contributed by atoms with van der Waals surface area (Å²) in [6.07, 6.45) is 0. The van der Waals surface area contributed by atoms with Gasteiger partial charge in [0.2, 0.25) is 0 Å². The molecular formula is C44H27N3O. The van der Waals surface area contributed by atoms with Crippen LogP contribution in [-0.4, -0.2) is 14.5 Å². The fraction of sp³-hybridized carbons (Fsp3) is 0. The number of hydrogen-bond acceptors (Lipinski definition) is 3. The summed E-state index contributed by atoms with van der Waals surface area (Å²) in [5, 5.41) is 6.82. The Balaban J connectivity index is 1.25. The zero-order valence-corrected chi connectivity index (χ0v) is 25.8. The van der Waals surface area contributed by atoms with Crippen molar-refractivity contribution in [1.29, 1.82) is 0 Å². The zero-order chi connectivity index (χ0) is 31.6. The summed E-state index contributed by atoms with van der Waals surface area (Å²) in [6.45, 7) is 0. The summed E-state index contributed by atoms with van der Waals surface area (Å²) in [7, 11) is 0. The first kappa shape index (κ1) is 26.7. The summed E-state index contributed by atoms with van der Waals surface area (Å²) in [5.74, 6) is 0.629. The Hall–Kier alpha value is -6.52. The Bertz CT molecular complexity index is 2830. The number of fused-ring (bicyclic) bond motifs is 8. The molecule has 3 heterocycles. The van der Waals surface area contributed by atoms with Crippen LogP contribution in [0.3, 0.4) is 0 Å². The topological polar surface area (TPSA) is 43.9 Å². The maximum atomic E-state index is 6.99. The van der Waals surface area contributed by atoms with Crippen LogP contribution in [0, 0.1) is 0 Å². The van der Waals surface area contributed by atoms with Crippen LogP contribution in [0.25, 0.3) is 94.1 Å². The number of rotatable bonds is 4. The van der Waals surface area contributed by atoms with Crippen molar-refractivity contribution in [2.24, 2.45) is 0 Å². The van der Waals surface area contributed by atoms with Gasteiger partial charge in [-0.15, -0.1) is 0 Å². The lowest BCUT2D eigenvalue weighted by Crippen LogP contribution is -1.96. The molecule has 4 nitrogen and oxygen atoms in total. The van der Waals surface area contributed by atoms with Crippen molar-refractivity contribution < 1.29 is 4.42 Å². The summed E-state index contributed by atoms with van der Waals surface area (Å²) >= 11 is 0. The Morgan fingerprint density at radius 2 is 1.10 bits per heavy atom. The maximum Gasteiger partial charge on any atom is 0.164 e. The molecule has 0 bridgehead atoms. The second kappa shape index (κ2) is 10.5. The van der Waals surface area contributed by atoms with Crippen LogP contribution in [0.4, 0.5) is 0 Å². The van der Waals surface area contributed by atoms with Crippen molar-refractivity contribution in [2.45, 2.75) is 0 Å². The second-order valence-corrected chi connectivity index (χ2v) is 12.2. The second-order valence-electron chi connectivity index (χ2n) is 12.2. The third-order valence-corrected chi connectivity index (χ3v) is 9.40. The van der Waals surface area contributed by atoms with Crippen LogP contribution < -0.4 is 0 Å². The Morgan fingerprint density at radius 3 is 1.96 bits per heavy atom. The third kappa shape index (κ3) is 4.10. The molecule has 0 fully saturated rings. The summed E-state index contributed by atoms with van der Waals surface area (Å²) in [6, 6.07) is 57.1. The number of nitrogens with zero attached hydrogens (tertiary/aromatic N) is 3. The molecule has 0 aliphatic carbocycles. The van der Waals surface area contributed by atoms with E-state index >= 15 is 0 Å². The molecule has 48 heavy (non-hydrogen) atoms. The number of aromatic nitrogens is 3. The van der Waals surface area contributed by atoms with Crippen LogP contribution in [-0.2, 0) is 0 Å². The van der Waals surface area contributed by atoms with Gasteiger partial charge < -0.3 is 8.98 Å². The van der Waals surface area contributed by atoms with E-state index in [2.05, 4.69) is 150 Å². The molecular weight excluding hydrogens is 587 g/mol. The molecule has 0 atom stereocenters. The van der Waals surface area contributed by atoms with Gasteiger partial charge in [0, 0.05) is 38.4 Å². The van der Waals surface area contributed by atoms with Crippen LogP contribution in [0.5, 0.6) is 0 Å². The van der Waals surface area contributed by atoms with Gasteiger partial charge in [-0.25, -0.2) is 9.97 Å². The predicted molar refractivity (Wildman–Crippen MR) is 197 cm³/mol. The molecule has 0 amide bonds. The van der Waals surface area contributed by atoms with E-state index in [4.69, 9.17) is 14.4 Å². The molecule has 0 spiro atoms. The highest BCUT2D eigenvalue weighted by molar-refractivity contribution is 6.22. The molecule has 0 N–H and O–H groups in total. The summed E-state index contributed by atoms with van der Waals surface area (Å²) < 4.78 is 9.31. The Kier molecular flexibility index (Phi) is 5.84. The monoisotopic (exact) mass is 613 g/mol. The minimum atomic E-state index is 0.629. The van der Waals surface area contributed by atoms with Gasteiger partial charge in [-0.2, -0.15) is 0 Å². The Labute approximate surface area is 276 Å². The molecule has 0 aliphatic rings. The molecule has 0 aliphatic heterocycles. The quantitative estimate of drug-likeness (QED) is 0.198. The van der Waals surface area contributed by atoms with Gasteiger partial charge in [0.25, 0.3) is 0 Å². The highest BCUT2D eigenvalue weighted by atomic mass is 16.3. The number of benzene rings is 7. The average Bonchev–Trinajstić information content (AvgIpc) is 3.71. The van der Waals surface area contributed by atoms with E-state index in [1.807, 2.05) is 18.2 Å². The molecule has 10 rings (SSSR count). The highest BCUT2D eigenvalue weighted by Gasteiger charge is 2.21. The molecule has 0 saturated carbocycles. The Morgan fingerprint density at radius 1 is 0.438 bits per heavy atom. The molecule has 0 saturated heterocycles. The summed E-state index contributed by atoms with van der Waals surface area (Å²) in [4.78, 5) is 10.4. The van der Waals surface area contributed by atoms with E-state index in [0.717, 1.165) is 72.1 Å². The lowest BCUT2D eigenvalue weighted by atomic mass is 10.0. The summed E-state index contributed by atoms with van der Waals surface area (Å²) in [5.41, 5.74) is 9.59. The van der Waals surface area contributed by atoms with Gasteiger partial charge >= 0.3 is 0 Å². The fourth-order valence-corrected chi connectivity index (χ4v) is 7.15. The third-order valence-electron chi connectivity index (χ3n) is 9.40. The van der Waals surface area contributed by atoms with Crippen molar-refractivity contribution in [3.05, 3.63) is 164 Å².